The lowest BCUT2D eigenvalue weighted by Crippen LogP contribution is -2.37. The molecule has 2 N–H and O–H groups in total. The highest BCUT2D eigenvalue weighted by molar-refractivity contribution is 5.50. The fraction of sp³-hybridized carbons (Fsp3) is 0.444. The first-order valence-corrected chi connectivity index (χ1v) is 8.32. The van der Waals surface area contributed by atoms with Gasteiger partial charge in [0.05, 0.1) is 0 Å². The third-order valence-corrected chi connectivity index (χ3v) is 4.46. The molecule has 24 heavy (non-hydrogen) atoms. The first kappa shape index (κ1) is 16.5. The lowest BCUT2D eigenvalue weighted by Gasteiger charge is -2.33. The molecule has 1 saturated heterocycles. The van der Waals surface area contributed by atoms with Gasteiger partial charge in [-0.15, -0.1) is 0 Å². The standard InChI is InChI=1S/C18H24N4O2/c1-21(10-14-4-2-6-16(24)8-14)17-9-18(20-13-19-17)22-7-3-5-15(11-22)12-23/h2,4,6,8-9,13,15,23-24H,3,5,7,10-12H2,1H3. The minimum absolute atomic E-state index is 0.228. The maximum atomic E-state index is 9.59. The Morgan fingerprint density at radius 2 is 2.17 bits per heavy atom. The number of aliphatic hydroxyl groups excluding tert-OH is 1. The van der Waals surface area contributed by atoms with Gasteiger partial charge in [-0.25, -0.2) is 9.97 Å². The average molecular weight is 328 g/mol. The summed E-state index contributed by atoms with van der Waals surface area (Å²) < 4.78 is 0. The van der Waals surface area contributed by atoms with Crippen LogP contribution in [0.5, 0.6) is 5.75 Å². The summed E-state index contributed by atoms with van der Waals surface area (Å²) in [5.74, 6) is 2.34. The number of piperidine rings is 1. The van der Waals surface area contributed by atoms with Gasteiger partial charge in [0.15, 0.2) is 0 Å². The van der Waals surface area contributed by atoms with E-state index >= 15 is 0 Å². The number of hydrogen-bond acceptors (Lipinski definition) is 6. The van der Waals surface area contributed by atoms with Crippen LogP contribution in [-0.2, 0) is 6.54 Å². The summed E-state index contributed by atoms with van der Waals surface area (Å²) in [6, 6.07) is 9.24. The summed E-state index contributed by atoms with van der Waals surface area (Å²) >= 11 is 0. The van der Waals surface area contributed by atoms with E-state index in [-0.39, 0.29) is 12.4 Å². The summed E-state index contributed by atoms with van der Waals surface area (Å²) in [5.41, 5.74) is 1.02. The van der Waals surface area contributed by atoms with Gasteiger partial charge >= 0.3 is 0 Å². The monoisotopic (exact) mass is 328 g/mol. The third kappa shape index (κ3) is 3.94. The van der Waals surface area contributed by atoms with Crippen molar-refractivity contribution in [3.8, 4) is 5.75 Å². The number of anilines is 2. The van der Waals surface area contributed by atoms with Crippen molar-refractivity contribution in [3.05, 3.63) is 42.2 Å². The fourth-order valence-corrected chi connectivity index (χ4v) is 3.15. The van der Waals surface area contributed by atoms with Crippen molar-refractivity contribution in [2.75, 3.05) is 36.5 Å². The van der Waals surface area contributed by atoms with Gasteiger partial charge in [0.1, 0.15) is 23.7 Å². The molecule has 0 aliphatic carbocycles. The molecule has 1 unspecified atom stereocenters. The smallest absolute Gasteiger partial charge is 0.134 e. The Balaban J connectivity index is 1.72. The second-order valence-corrected chi connectivity index (χ2v) is 6.40. The van der Waals surface area contributed by atoms with Gasteiger partial charge in [-0.3, -0.25) is 0 Å². The average Bonchev–Trinajstić information content (AvgIpc) is 2.62. The van der Waals surface area contributed by atoms with Gasteiger partial charge in [-0.05, 0) is 36.5 Å². The summed E-state index contributed by atoms with van der Waals surface area (Å²) in [5, 5.41) is 19.0. The molecule has 1 aliphatic rings. The number of aromatic nitrogens is 2. The van der Waals surface area contributed by atoms with Crippen molar-refractivity contribution in [1.82, 2.24) is 9.97 Å². The molecule has 0 saturated carbocycles. The second kappa shape index (κ2) is 7.49. The molecule has 2 heterocycles. The van der Waals surface area contributed by atoms with E-state index in [0.29, 0.717) is 12.5 Å². The van der Waals surface area contributed by atoms with Crippen LogP contribution in [0.15, 0.2) is 36.7 Å². The van der Waals surface area contributed by atoms with Gasteiger partial charge in [-0.2, -0.15) is 0 Å². The van der Waals surface area contributed by atoms with E-state index in [1.807, 2.05) is 30.1 Å². The van der Waals surface area contributed by atoms with Crippen LogP contribution in [0, 0.1) is 5.92 Å². The highest BCUT2D eigenvalue weighted by Crippen LogP contribution is 2.24. The van der Waals surface area contributed by atoms with E-state index in [1.165, 1.54) is 0 Å². The molecule has 6 nitrogen and oxygen atoms in total. The number of phenolic OH excluding ortho intramolecular Hbond substituents is 1. The van der Waals surface area contributed by atoms with Crippen molar-refractivity contribution >= 4 is 11.6 Å². The number of nitrogens with zero attached hydrogens (tertiary/aromatic N) is 4. The Kier molecular flexibility index (Phi) is 5.15. The normalized spacial score (nSPS) is 17.8. The summed E-state index contributed by atoms with van der Waals surface area (Å²) in [7, 11) is 1.98. The van der Waals surface area contributed by atoms with Crippen molar-refractivity contribution in [1.29, 1.82) is 0 Å². The molecule has 3 rings (SSSR count). The van der Waals surface area contributed by atoms with E-state index < -0.39 is 0 Å². The van der Waals surface area contributed by atoms with Gasteiger partial charge in [0.2, 0.25) is 0 Å². The van der Waals surface area contributed by atoms with Crippen LogP contribution in [0.25, 0.3) is 0 Å². The van der Waals surface area contributed by atoms with Gasteiger partial charge in [0.25, 0.3) is 0 Å². The Morgan fingerprint density at radius 1 is 1.29 bits per heavy atom. The quantitative estimate of drug-likeness (QED) is 0.875. The van der Waals surface area contributed by atoms with E-state index in [4.69, 9.17) is 0 Å². The van der Waals surface area contributed by atoms with Crippen LogP contribution in [0.3, 0.4) is 0 Å². The minimum Gasteiger partial charge on any atom is -0.508 e. The lowest BCUT2D eigenvalue weighted by molar-refractivity contribution is 0.208. The Hall–Kier alpha value is -2.34. The zero-order valence-corrected chi connectivity index (χ0v) is 14.0. The molecule has 0 amide bonds. The maximum absolute atomic E-state index is 9.59. The number of hydrogen-bond donors (Lipinski definition) is 2. The highest BCUT2D eigenvalue weighted by Gasteiger charge is 2.21. The summed E-state index contributed by atoms with van der Waals surface area (Å²) in [6.45, 7) is 2.68. The van der Waals surface area contributed by atoms with E-state index in [1.54, 1.807) is 18.5 Å². The Bertz CT molecular complexity index is 680. The minimum atomic E-state index is 0.228. The maximum Gasteiger partial charge on any atom is 0.134 e. The van der Waals surface area contributed by atoms with Gasteiger partial charge in [0, 0.05) is 39.4 Å². The molecule has 1 aromatic heterocycles. The van der Waals surface area contributed by atoms with Crippen molar-refractivity contribution < 1.29 is 10.2 Å². The number of benzene rings is 1. The number of phenols is 1. The first-order valence-electron chi connectivity index (χ1n) is 8.32. The van der Waals surface area contributed by atoms with Crippen LogP contribution < -0.4 is 9.80 Å². The molecule has 2 aromatic rings. The lowest BCUT2D eigenvalue weighted by atomic mass is 9.99. The van der Waals surface area contributed by atoms with Crippen LogP contribution in [0.2, 0.25) is 0 Å². The van der Waals surface area contributed by atoms with Crippen molar-refractivity contribution in [2.24, 2.45) is 5.92 Å². The van der Waals surface area contributed by atoms with Gasteiger partial charge < -0.3 is 20.0 Å². The zero-order valence-electron chi connectivity index (χ0n) is 14.0. The van der Waals surface area contributed by atoms with Crippen LogP contribution in [0.1, 0.15) is 18.4 Å². The topological polar surface area (TPSA) is 72.7 Å². The largest absolute Gasteiger partial charge is 0.508 e. The van der Waals surface area contributed by atoms with Gasteiger partial charge in [-0.1, -0.05) is 12.1 Å². The van der Waals surface area contributed by atoms with Crippen molar-refractivity contribution in [3.63, 3.8) is 0 Å². The molecular formula is C18H24N4O2. The zero-order chi connectivity index (χ0) is 16.9. The molecule has 0 spiro atoms. The predicted octanol–water partition coefficient (Wildman–Crippen LogP) is 2.03. The summed E-state index contributed by atoms with van der Waals surface area (Å²) in [4.78, 5) is 13.0. The summed E-state index contributed by atoms with van der Waals surface area (Å²) in [6.07, 6.45) is 3.73. The van der Waals surface area contributed by atoms with E-state index in [2.05, 4.69) is 14.9 Å². The third-order valence-electron chi connectivity index (χ3n) is 4.46. The van der Waals surface area contributed by atoms with Crippen molar-refractivity contribution in [2.45, 2.75) is 19.4 Å². The molecular weight excluding hydrogens is 304 g/mol. The van der Waals surface area contributed by atoms with Crippen LogP contribution >= 0.6 is 0 Å². The number of aliphatic hydroxyl groups is 1. The Morgan fingerprint density at radius 3 is 2.96 bits per heavy atom. The fourth-order valence-electron chi connectivity index (χ4n) is 3.15. The van der Waals surface area contributed by atoms with E-state index in [0.717, 1.165) is 43.1 Å². The number of aromatic hydroxyl groups is 1. The molecule has 128 valence electrons. The molecule has 0 bridgehead atoms. The molecule has 1 atom stereocenters. The van der Waals surface area contributed by atoms with E-state index in [9.17, 15) is 10.2 Å². The first-order chi connectivity index (χ1) is 11.7. The molecule has 0 radical (unpaired) electrons. The van der Waals surface area contributed by atoms with Crippen LogP contribution in [0.4, 0.5) is 11.6 Å². The predicted molar refractivity (Wildman–Crippen MR) is 94.3 cm³/mol. The number of rotatable bonds is 5. The highest BCUT2D eigenvalue weighted by atomic mass is 16.3. The molecule has 1 aromatic carbocycles. The molecule has 1 aliphatic heterocycles. The second-order valence-electron chi connectivity index (χ2n) is 6.40. The molecule has 1 fully saturated rings. The van der Waals surface area contributed by atoms with Crippen LogP contribution in [-0.4, -0.2) is 46.9 Å². The Labute approximate surface area is 142 Å². The SMILES string of the molecule is CN(Cc1cccc(O)c1)c1cc(N2CCCC(CO)C2)ncn1. The molecule has 6 heteroatoms.